The van der Waals surface area contributed by atoms with Crippen molar-refractivity contribution in [2.75, 3.05) is 24.5 Å². The first-order valence-electron chi connectivity index (χ1n) is 9.52. The third-order valence-corrected chi connectivity index (χ3v) is 5.16. The highest BCUT2D eigenvalue weighted by Crippen LogP contribution is 2.21. The van der Waals surface area contributed by atoms with Gasteiger partial charge in [0.2, 0.25) is 0 Å². The van der Waals surface area contributed by atoms with Gasteiger partial charge in [0.25, 0.3) is 0 Å². The van der Waals surface area contributed by atoms with Crippen molar-refractivity contribution in [2.24, 2.45) is 0 Å². The number of fused-ring (bicyclic) bond motifs is 2. The van der Waals surface area contributed by atoms with E-state index in [0.717, 1.165) is 25.3 Å². The molecule has 0 saturated carbocycles. The van der Waals surface area contributed by atoms with E-state index >= 15 is 0 Å². The molecule has 1 aliphatic heterocycles. The van der Waals surface area contributed by atoms with Crippen molar-refractivity contribution in [3.63, 3.8) is 0 Å². The first-order valence-corrected chi connectivity index (χ1v) is 9.52. The number of halogens is 2. The van der Waals surface area contributed by atoms with Gasteiger partial charge in [-0.15, -0.1) is 12.4 Å². The Balaban J connectivity index is 0.00000218. The number of rotatable bonds is 2. The highest BCUT2D eigenvalue weighted by Gasteiger charge is 2.17. The Bertz CT molecular complexity index is 1300. The van der Waals surface area contributed by atoms with E-state index in [0.29, 0.717) is 22.9 Å². The minimum Gasteiger partial charge on any atom is -0.368 e. The van der Waals surface area contributed by atoms with E-state index in [1.165, 1.54) is 10.5 Å². The standard InChI is InChI=1S/C20H20FN7O.ClH/c1-12-8-26(6-5-22-12)15-3-4-17-24-18(25-20(29)28(17)11-15)14-7-16(21)19-23-13(2)9-27(19)10-14;/h3-4,7,9-12,22H,5-6,8H2,1-2H3;1H/t12-;/m0./s1. The van der Waals surface area contributed by atoms with Gasteiger partial charge in [-0.1, -0.05) is 0 Å². The Hall–Kier alpha value is -3.04. The van der Waals surface area contributed by atoms with Gasteiger partial charge in [0.15, 0.2) is 17.3 Å². The zero-order valence-corrected chi connectivity index (χ0v) is 17.4. The van der Waals surface area contributed by atoms with Crippen LogP contribution >= 0.6 is 12.4 Å². The van der Waals surface area contributed by atoms with E-state index in [1.54, 1.807) is 36.0 Å². The molecular weight excluding hydrogens is 409 g/mol. The molecule has 0 aliphatic carbocycles. The first-order chi connectivity index (χ1) is 14.0. The average molecular weight is 430 g/mol. The largest absolute Gasteiger partial charge is 0.368 e. The second kappa shape index (κ2) is 7.66. The molecule has 5 rings (SSSR count). The number of imidazole rings is 1. The summed E-state index contributed by atoms with van der Waals surface area (Å²) < 4.78 is 17.4. The van der Waals surface area contributed by atoms with Crippen LogP contribution < -0.4 is 15.9 Å². The predicted molar refractivity (Wildman–Crippen MR) is 115 cm³/mol. The molecule has 8 nitrogen and oxygen atoms in total. The van der Waals surface area contributed by atoms with Gasteiger partial charge in [-0.05, 0) is 32.0 Å². The summed E-state index contributed by atoms with van der Waals surface area (Å²) in [4.78, 5) is 27.6. The molecule has 1 atom stereocenters. The van der Waals surface area contributed by atoms with Gasteiger partial charge in [-0.25, -0.2) is 23.6 Å². The van der Waals surface area contributed by atoms with E-state index in [4.69, 9.17) is 0 Å². The van der Waals surface area contributed by atoms with Crippen LogP contribution in [0.1, 0.15) is 12.6 Å². The summed E-state index contributed by atoms with van der Waals surface area (Å²) in [5.74, 6) is -0.298. The predicted octanol–water partition coefficient (Wildman–Crippen LogP) is 2.07. The number of nitrogens with one attached hydrogen (secondary N) is 1. The zero-order chi connectivity index (χ0) is 20.1. The number of aromatic nitrogens is 5. The number of anilines is 1. The van der Waals surface area contributed by atoms with Crippen LogP contribution in [0.4, 0.5) is 10.1 Å². The van der Waals surface area contributed by atoms with Crippen molar-refractivity contribution < 1.29 is 4.39 Å². The second-order valence-electron chi connectivity index (χ2n) is 7.44. The number of hydrogen-bond donors (Lipinski definition) is 1. The minimum absolute atomic E-state index is 0. The normalized spacial score (nSPS) is 16.8. The highest BCUT2D eigenvalue weighted by atomic mass is 35.5. The van der Waals surface area contributed by atoms with Crippen molar-refractivity contribution in [1.29, 1.82) is 0 Å². The number of piperazine rings is 1. The summed E-state index contributed by atoms with van der Waals surface area (Å²) in [6.07, 6.45) is 5.17. The van der Waals surface area contributed by atoms with Gasteiger partial charge in [0.05, 0.1) is 11.4 Å². The molecule has 4 aromatic rings. The van der Waals surface area contributed by atoms with Gasteiger partial charge >= 0.3 is 5.69 Å². The van der Waals surface area contributed by atoms with Gasteiger partial charge in [0, 0.05) is 49.8 Å². The summed E-state index contributed by atoms with van der Waals surface area (Å²) in [5, 5.41) is 3.40. The molecule has 1 N–H and O–H groups in total. The lowest BCUT2D eigenvalue weighted by molar-refractivity contribution is 0.484. The average Bonchev–Trinajstić information content (AvgIpc) is 3.08. The lowest BCUT2D eigenvalue weighted by Crippen LogP contribution is -2.49. The molecule has 156 valence electrons. The van der Waals surface area contributed by atoms with Crippen LogP contribution in [0, 0.1) is 12.7 Å². The highest BCUT2D eigenvalue weighted by molar-refractivity contribution is 5.85. The van der Waals surface area contributed by atoms with Crippen molar-refractivity contribution >= 4 is 29.4 Å². The number of nitrogens with zero attached hydrogens (tertiary/aromatic N) is 6. The molecule has 10 heteroatoms. The first kappa shape index (κ1) is 20.2. The molecule has 1 aliphatic rings. The molecule has 0 bridgehead atoms. The maximum Gasteiger partial charge on any atom is 0.355 e. The second-order valence-corrected chi connectivity index (χ2v) is 7.44. The van der Waals surface area contributed by atoms with E-state index in [-0.39, 0.29) is 23.9 Å². The molecule has 0 radical (unpaired) electrons. The molecule has 0 aromatic carbocycles. The fraction of sp³-hybridized carbons (Fsp3) is 0.300. The van der Waals surface area contributed by atoms with Gasteiger partial charge in [0.1, 0.15) is 5.65 Å². The number of hydrogen-bond acceptors (Lipinski definition) is 6. The Kier molecular flexibility index (Phi) is 5.17. The number of pyridine rings is 2. The van der Waals surface area contributed by atoms with Crippen molar-refractivity contribution in [3.8, 4) is 11.4 Å². The van der Waals surface area contributed by atoms with Gasteiger partial charge in [-0.2, -0.15) is 4.98 Å². The van der Waals surface area contributed by atoms with Crippen LogP contribution in [-0.4, -0.2) is 49.4 Å². The topological polar surface area (TPSA) is 79.8 Å². The molecule has 4 aromatic heterocycles. The molecule has 0 unspecified atom stereocenters. The molecule has 1 fully saturated rings. The monoisotopic (exact) mass is 429 g/mol. The number of aryl methyl sites for hydroxylation is 1. The Morgan fingerprint density at radius 3 is 2.80 bits per heavy atom. The van der Waals surface area contributed by atoms with Gasteiger partial charge < -0.3 is 14.6 Å². The van der Waals surface area contributed by atoms with E-state index in [1.807, 2.05) is 6.07 Å². The molecular formula is C20H21ClFN7O. The Labute approximate surface area is 177 Å². The summed E-state index contributed by atoms with van der Waals surface area (Å²) in [5.41, 5.74) is 2.33. The molecule has 5 heterocycles. The summed E-state index contributed by atoms with van der Waals surface area (Å²) in [6.45, 7) is 6.55. The molecule has 1 saturated heterocycles. The van der Waals surface area contributed by atoms with Gasteiger partial charge in [-0.3, -0.25) is 0 Å². The lowest BCUT2D eigenvalue weighted by atomic mass is 10.2. The van der Waals surface area contributed by atoms with Crippen molar-refractivity contribution in [3.05, 3.63) is 58.8 Å². The van der Waals surface area contributed by atoms with E-state index in [2.05, 4.69) is 32.1 Å². The van der Waals surface area contributed by atoms with Crippen molar-refractivity contribution in [1.82, 2.24) is 29.1 Å². The fourth-order valence-electron chi connectivity index (χ4n) is 3.79. The minimum atomic E-state index is -0.484. The van der Waals surface area contributed by atoms with Crippen LogP contribution in [-0.2, 0) is 0 Å². The van der Waals surface area contributed by atoms with E-state index in [9.17, 15) is 9.18 Å². The molecule has 30 heavy (non-hydrogen) atoms. The maximum absolute atomic E-state index is 14.4. The van der Waals surface area contributed by atoms with Crippen LogP contribution in [0.3, 0.4) is 0 Å². The smallest absolute Gasteiger partial charge is 0.355 e. The van der Waals surface area contributed by atoms with Crippen LogP contribution in [0.2, 0.25) is 0 Å². The Morgan fingerprint density at radius 2 is 2.00 bits per heavy atom. The van der Waals surface area contributed by atoms with Crippen LogP contribution in [0.15, 0.2) is 41.6 Å². The molecule has 0 amide bonds. The van der Waals surface area contributed by atoms with Crippen LogP contribution in [0.25, 0.3) is 22.7 Å². The SMILES string of the molecule is Cc1cn2cc(-c3nc(=O)n4cc(N5CCN[C@@H](C)C5)ccc4n3)cc(F)c2n1.Cl. The van der Waals surface area contributed by atoms with Crippen LogP contribution in [0.5, 0.6) is 0 Å². The molecule has 0 spiro atoms. The summed E-state index contributed by atoms with van der Waals surface area (Å²) in [7, 11) is 0. The van der Waals surface area contributed by atoms with Crippen molar-refractivity contribution in [2.45, 2.75) is 19.9 Å². The van der Waals surface area contributed by atoms with E-state index < -0.39 is 11.5 Å². The summed E-state index contributed by atoms with van der Waals surface area (Å²) in [6, 6.07) is 5.44. The summed E-state index contributed by atoms with van der Waals surface area (Å²) >= 11 is 0. The zero-order valence-electron chi connectivity index (χ0n) is 16.5. The third-order valence-electron chi connectivity index (χ3n) is 5.16. The maximum atomic E-state index is 14.4. The third kappa shape index (κ3) is 3.50. The quantitative estimate of drug-likeness (QED) is 0.525. The lowest BCUT2D eigenvalue weighted by Gasteiger charge is -2.33. The Morgan fingerprint density at radius 1 is 1.17 bits per heavy atom. The fourth-order valence-corrected chi connectivity index (χ4v) is 3.79.